The minimum atomic E-state index is -0.137. The van der Waals surface area contributed by atoms with E-state index in [1.165, 1.54) is 11.3 Å². The van der Waals surface area contributed by atoms with Crippen molar-refractivity contribution in [1.29, 1.82) is 0 Å². The smallest absolute Gasteiger partial charge is 0.252 e. The molecular formula is C20H20N2O2S. The molecule has 4 nitrogen and oxygen atoms in total. The molecule has 2 amide bonds. The average Bonchev–Trinajstić information content (AvgIpc) is 3.17. The number of hydrogen-bond donors (Lipinski definition) is 1. The molecule has 0 aliphatic rings. The summed E-state index contributed by atoms with van der Waals surface area (Å²) in [5.74, 6) is -0.133. The van der Waals surface area contributed by atoms with Gasteiger partial charge in [-0.05, 0) is 29.8 Å². The Morgan fingerprint density at radius 3 is 2.64 bits per heavy atom. The van der Waals surface area contributed by atoms with Crippen molar-refractivity contribution in [1.82, 2.24) is 5.32 Å². The molecule has 0 unspecified atom stereocenters. The molecule has 0 atom stereocenters. The van der Waals surface area contributed by atoms with Crippen LogP contribution < -0.4 is 10.2 Å². The molecule has 0 aliphatic heterocycles. The van der Waals surface area contributed by atoms with E-state index in [1.54, 1.807) is 16.3 Å². The number of fused-ring (bicyclic) bond motifs is 1. The third kappa shape index (κ3) is 3.88. The van der Waals surface area contributed by atoms with E-state index in [0.29, 0.717) is 18.7 Å². The monoisotopic (exact) mass is 352 g/mol. The Balaban J connectivity index is 1.68. The van der Waals surface area contributed by atoms with E-state index in [9.17, 15) is 9.59 Å². The van der Waals surface area contributed by atoms with E-state index in [-0.39, 0.29) is 18.2 Å². The van der Waals surface area contributed by atoms with Gasteiger partial charge in [0.1, 0.15) is 0 Å². The van der Waals surface area contributed by atoms with Crippen molar-refractivity contribution in [3.8, 4) is 0 Å². The summed E-state index contributed by atoms with van der Waals surface area (Å²) in [7, 11) is 0. The van der Waals surface area contributed by atoms with E-state index in [0.717, 1.165) is 16.5 Å². The van der Waals surface area contributed by atoms with Gasteiger partial charge in [-0.1, -0.05) is 36.4 Å². The van der Waals surface area contributed by atoms with Gasteiger partial charge in [0.2, 0.25) is 5.91 Å². The highest BCUT2D eigenvalue weighted by atomic mass is 32.1. The lowest BCUT2D eigenvalue weighted by Gasteiger charge is -2.23. The van der Waals surface area contributed by atoms with Crippen molar-refractivity contribution >= 4 is 39.6 Å². The van der Waals surface area contributed by atoms with Gasteiger partial charge in [-0.2, -0.15) is 11.3 Å². The van der Waals surface area contributed by atoms with E-state index in [1.807, 2.05) is 54.8 Å². The first-order valence-electron chi connectivity index (χ1n) is 8.29. The lowest BCUT2D eigenvalue weighted by Crippen LogP contribution is -2.34. The second-order valence-corrected chi connectivity index (χ2v) is 6.43. The molecule has 0 fully saturated rings. The molecule has 1 heterocycles. The highest BCUT2D eigenvalue weighted by molar-refractivity contribution is 7.08. The van der Waals surface area contributed by atoms with Crippen LogP contribution >= 0.6 is 11.3 Å². The molecule has 0 spiro atoms. The average molecular weight is 352 g/mol. The summed E-state index contributed by atoms with van der Waals surface area (Å²) in [4.78, 5) is 26.4. The highest BCUT2D eigenvalue weighted by Crippen LogP contribution is 2.27. The zero-order valence-electron chi connectivity index (χ0n) is 14.1. The number of rotatable bonds is 6. The molecule has 0 bridgehead atoms. The van der Waals surface area contributed by atoms with E-state index in [4.69, 9.17) is 0 Å². The van der Waals surface area contributed by atoms with Crippen LogP contribution in [0.4, 0.5) is 5.69 Å². The Bertz CT molecular complexity index is 869. The lowest BCUT2D eigenvalue weighted by molar-refractivity contribution is -0.118. The van der Waals surface area contributed by atoms with Gasteiger partial charge in [0.05, 0.1) is 5.69 Å². The number of anilines is 1. The molecule has 3 aromatic rings. The van der Waals surface area contributed by atoms with Crippen molar-refractivity contribution in [2.24, 2.45) is 0 Å². The maximum absolute atomic E-state index is 12.7. The first-order chi connectivity index (χ1) is 12.2. The fourth-order valence-electron chi connectivity index (χ4n) is 2.84. The Morgan fingerprint density at radius 1 is 1.08 bits per heavy atom. The summed E-state index contributed by atoms with van der Waals surface area (Å²) < 4.78 is 0. The molecular weight excluding hydrogens is 332 g/mol. The first-order valence-corrected chi connectivity index (χ1v) is 9.23. The van der Waals surface area contributed by atoms with Crippen molar-refractivity contribution in [2.45, 2.75) is 13.3 Å². The molecule has 0 saturated carbocycles. The fraction of sp³-hybridized carbons (Fsp3) is 0.200. The van der Waals surface area contributed by atoms with E-state index < -0.39 is 0 Å². The van der Waals surface area contributed by atoms with Gasteiger partial charge >= 0.3 is 0 Å². The quantitative estimate of drug-likeness (QED) is 0.727. The number of benzene rings is 2. The lowest BCUT2D eigenvalue weighted by atomic mass is 10.1. The van der Waals surface area contributed by atoms with Crippen LogP contribution in [0.15, 0.2) is 59.3 Å². The van der Waals surface area contributed by atoms with Gasteiger partial charge in [0.15, 0.2) is 0 Å². The Hall–Kier alpha value is -2.66. The Labute approximate surface area is 151 Å². The van der Waals surface area contributed by atoms with Crippen molar-refractivity contribution in [2.75, 3.05) is 18.0 Å². The third-order valence-electron chi connectivity index (χ3n) is 4.08. The molecule has 128 valence electrons. The van der Waals surface area contributed by atoms with Crippen molar-refractivity contribution < 1.29 is 9.59 Å². The van der Waals surface area contributed by atoms with Gasteiger partial charge in [-0.15, -0.1) is 0 Å². The van der Waals surface area contributed by atoms with Crippen LogP contribution in [0.25, 0.3) is 10.8 Å². The topological polar surface area (TPSA) is 49.4 Å². The first kappa shape index (κ1) is 17.2. The third-order valence-corrected chi connectivity index (χ3v) is 4.77. The maximum atomic E-state index is 12.7. The Morgan fingerprint density at radius 2 is 1.88 bits per heavy atom. The summed E-state index contributed by atoms with van der Waals surface area (Å²) >= 11 is 1.48. The van der Waals surface area contributed by atoms with Gasteiger partial charge in [-0.3, -0.25) is 9.59 Å². The molecule has 25 heavy (non-hydrogen) atoms. The number of hydrogen-bond acceptors (Lipinski definition) is 3. The van der Waals surface area contributed by atoms with Crippen LogP contribution in [0.2, 0.25) is 0 Å². The predicted molar refractivity (Wildman–Crippen MR) is 103 cm³/mol. The zero-order valence-corrected chi connectivity index (χ0v) is 14.9. The van der Waals surface area contributed by atoms with Crippen LogP contribution in [0.5, 0.6) is 0 Å². The molecule has 0 aliphatic carbocycles. The summed E-state index contributed by atoms with van der Waals surface area (Å²) in [6, 6.07) is 15.8. The number of amides is 2. The van der Waals surface area contributed by atoms with Gasteiger partial charge in [0.25, 0.3) is 5.91 Å². The molecule has 3 rings (SSSR count). The normalized spacial score (nSPS) is 10.6. The van der Waals surface area contributed by atoms with Crippen LogP contribution in [0, 0.1) is 0 Å². The van der Waals surface area contributed by atoms with Gasteiger partial charge in [0, 0.05) is 35.8 Å². The summed E-state index contributed by atoms with van der Waals surface area (Å²) in [6.07, 6.45) is 0.271. The minimum Gasteiger partial charge on any atom is -0.351 e. The standard InChI is InChI=1S/C20H20N2O2S/c1-2-22(18-9-5-7-15-6-3-4-8-17(15)18)19(23)10-12-21-20(24)16-11-13-25-14-16/h3-9,11,13-14H,2,10,12H2,1H3,(H,21,24). The van der Waals surface area contributed by atoms with Crippen molar-refractivity contribution in [3.05, 3.63) is 64.9 Å². The second-order valence-electron chi connectivity index (χ2n) is 5.65. The SMILES string of the molecule is CCN(C(=O)CCNC(=O)c1ccsc1)c1cccc2ccccc12. The van der Waals surface area contributed by atoms with Gasteiger partial charge in [-0.25, -0.2) is 0 Å². The number of carbonyl (C=O) groups excluding carboxylic acids is 2. The molecule has 1 N–H and O–H groups in total. The molecule has 0 saturated heterocycles. The summed E-state index contributed by atoms with van der Waals surface area (Å²) in [6.45, 7) is 2.88. The molecule has 1 aromatic heterocycles. The highest BCUT2D eigenvalue weighted by Gasteiger charge is 2.16. The fourth-order valence-corrected chi connectivity index (χ4v) is 3.47. The Kier molecular flexibility index (Phi) is 5.46. The zero-order chi connectivity index (χ0) is 17.6. The van der Waals surface area contributed by atoms with Gasteiger partial charge < -0.3 is 10.2 Å². The number of thiophene rings is 1. The predicted octanol–water partition coefficient (Wildman–Crippen LogP) is 4.07. The molecule has 5 heteroatoms. The second kappa shape index (κ2) is 7.94. The maximum Gasteiger partial charge on any atom is 0.252 e. The van der Waals surface area contributed by atoms with Crippen LogP contribution in [-0.4, -0.2) is 24.9 Å². The van der Waals surface area contributed by atoms with Crippen LogP contribution in [0.3, 0.4) is 0 Å². The van der Waals surface area contributed by atoms with Crippen LogP contribution in [-0.2, 0) is 4.79 Å². The van der Waals surface area contributed by atoms with Crippen molar-refractivity contribution in [3.63, 3.8) is 0 Å². The van der Waals surface area contributed by atoms with Crippen LogP contribution in [0.1, 0.15) is 23.7 Å². The minimum absolute atomic E-state index is 0.00414. The number of nitrogens with one attached hydrogen (secondary N) is 1. The van der Waals surface area contributed by atoms with E-state index in [2.05, 4.69) is 5.32 Å². The van der Waals surface area contributed by atoms with E-state index >= 15 is 0 Å². The molecule has 2 aromatic carbocycles. The molecule has 0 radical (unpaired) electrons. The summed E-state index contributed by atoms with van der Waals surface area (Å²) in [5.41, 5.74) is 1.55. The summed E-state index contributed by atoms with van der Waals surface area (Å²) in [5, 5.41) is 8.63. The largest absolute Gasteiger partial charge is 0.351 e. The number of carbonyl (C=O) groups is 2. The number of nitrogens with zero attached hydrogens (tertiary/aromatic N) is 1.